The maximum absolute atomic E-state index is 13.2. The van der Waals surface area contributed by atoms with Crippen LogP contribution < -0.4 is 5.43 Å². The summed E-state index contributed by atoms with van der Waals surface area (Å²) < 4.78 is 0. The monoisotopic (exact) mass is 447 g/mol. The lowest BCUT2D eigenvalue weighted by Gasteiger charge is -2.11. The predicted octanol–water partition coefficient (Wildman–Crippen LogP) is 6.72. The molecule has 4 rings (SSSR count). The van der Waals surface area contributed by atoms with E-state index in [2.05, 4.69) is 29.6 Å². The molecule has 0 saturated carbocycles. The number of hydrogen-bond donors (Lipinski definition) is 1. The number of nitrogens with zero attached hydrogens (tertiary/aromatic N) is 2. The Labute approximate surface area is 190 Å². The number of rotatable bonds is 6. The summed E-state index contributed by atoms with van der Waals surface area (Å²) in [6.07, 6.45) is 1.69. The highest BCUT2D eigenvalue weighted by molar-refractivity contribution is 7.12. The van der Waals surface area contributed by atoms with Gasteiger partial charge in [0.1, 0.15) is 0 Å². The zero-order valence-electron chi connectivity index (χ0n) is 17.4. The van der Waals surface area contributed by atoms with Gasteiger partial charge in [-0.25, -0.2) is 10.4 Å². The summed E-state index contributed by atoms with van der Waals surface area (Å²) in [7, 11) is 0. The number of fused-ring (bicyclic) bond motifs is 1. The number of nitrogens with one attached hydrogen (secondary N) is 1. The summed E-state index contributed by atoms with van der Waals surface area (Å²) >= 11 is 8.04. The Morgan fingerprint density at radius 2 is 1.90 bits per heavy atom. The number of amides is 1. The molecule has 2 aromatic carbocycles. The van der Waals surface area contributed by atoms with Crippen LogP contribution in [0.3, 0.4) is 0 Å². The van der Waals surface area contributed by atoms with E-state index in [4.69, 9.17) is 16.6 Å². The van der Waals surface area contributed by atoms with Crippen molar-refractivity contribution >= 4 is 45.5 Å². The van der Waals surface area contributed by atoms with Crippen molar-refractivity contribution in [2.24, 2.45) is 5.10 Å². The number of carbonyl (C=O) groups is 1. The van der Waals surface area contributed by atoms with Crippen molar-refractivity contribution in [3.63, 3.8) is 0 Å². The Morgan fingerprint density at radius 1 is 1.10 bits per heavy atom. The van der Waals surface area contributed by atoms with Gasteiger partial charge in [0.05, 0.1) is 32.4 Å². The fourth-order valence-electron chi connectivity index (χ4n) is 3.39. The maximum atomic E-state index is 13.2. The van der Waals surface area contributed by atoms with Crippen molar-refractivity contribution in [1.29, 1.82) is 0 Å². The van der Waals surface area contributed by atoms with Crippen molar-refractivity contribution in [1.82, 2.24) is 10.4 Å². The summed E-state index contributed by atoms with van der Waals surface area (Å²) in [6, 6.07) is 19.4. The fraction of sp³-hybridized carbons (Fsp3) is 0.160. The summed E-state index contributed by atoms with van der Waals surface area (Å²) in [5.74, 6) is -0.288. The number of pyridine rings is 1. The van der Waals surface area contributed by atoms with Crippen molar-refractivity contribution in [3.8, 4) is 11.3 Å². The first kappa shape index (κ1) is 21.2. The topological polar surface area (TPSA) is 54.4 Å². The summed E-state index contributed by atoms with van der Waals surface area (Å²) in [5, 5.41) is 7.59. The number of para-hydroxylation sites is 1. The second kappa shape index (κ2) is 9.41. The third-order valence-corrected chi connectivity index (χ3v) is 6.35. The van der Waals surface area contributed by atoms with Crippen LogP contribution in [0.1, 0.15) is 41.1 Å². The number of hydrogen-bond acceptors (Lipinski definition) is 4. The van der Waals surface area contributed by atoms with Crippen LogP contribution in [0.5, 0.6) is 0 Å². The van der Waals surface area contributed by atoms with E-state index in [1.165, 1.54) is 5.56 Å². The van der Waals surface area contributed by atoms with E-state index in [9.17, 15) is 4.79 Å². The van der Waals surface area contributed by atoms with Gasteiger partial charge >= 0.3 is 0 Å². The Balaban J connectivity index is 1.76. The predicted molar refractivity (Wildman–Crippen MR) is 130 cm³/mol. The molecule has 0 fully saturated rings. The lowest BCUT2D eigenvalue weighted by atomic mass is 10.0. The van der Waals surface area contributed by atoms with E-state index >= 15 is 0 Å². The summed E-state index contributed by atoms with van der Waals surface area (Å²) in [4.78, 5) is 19.0. The second-order valence-electron chi connectivity index (χ2n) is 7.07. The number of carbonyl (C=O) groups excluding carboxylic acids is 1. The minimum absolute atomic E-state index is 0.288. The van der Waals surface area contributed by atoms with Gasteiger partial charge in [-0.1, -0.05) is 67.9 Å². The molecule has 4 aromatic rings. The standard InChI is InChI=1S/C25H22ClN3OS/c1-3-16-10-12-17(13-11-16)22-15-19(18-7-5-8-20(26)24(18)27-22)25(30)29-28-21(4-2)23-9-6-14-31-23/h5-15H,3-4H2,1-2H3,(H,29,30)/b28-21-. The zero-order valence-corrected chi connectivity index (χ0v) is 18.9. The normalized spacial score (nSPS) is 11.6. The molecule has 0 bridgehead atoms. The van der Waals surface area contributed by atoms with Crippen molar-refractivity contribution in [2.75, 3.05) is 0 Å². The maximum Gasteiger partial charge on any atom is 0.272 e. The Morgan fingerprint density at radius 3 is 2.58 bits per heavy atom. The SMILES string of the molecule is CC/C(=N/NC(=O)c1cc(-c2ccc(CC)cc2)nc2c(Cl)cccc12)c1cccs1. The van der Waals surface area contributed by atoms with E-state index in [-0.39, 0.29) is 5.91 Å². The lowest BCUT2D eigenvalue weighted by Crippen LogP contribution is -2.20. The molecule has 1 N–H and O–H groups in total. The Hall–Kier alpha value is -3.02. The number of hydrazone groups is 1. The highest BCUT2D eigenvalue weighted by Crippen LogP contribution is 2.29. The van der Waals surface area contributed by atoms with Gasteiger partial charge < -0.3 is 0 Å². The molecular formula is C25H22ClN3OS. The van der Waals surface area contributed by atoms with Gasteiger partial charge in [0.25, 0.3) is 5.91 Å². The van der Waals surface area contributed by atoms with Gasteiger partial charge in [0.2, 0.25) is 0 Å². The van der Waals surface area contributed by atoms with Crippen LogP contribution in [-0.4, -0.2) is 16.6 Å². The van der Waals surface area contributed by atoms with Crippen LogP contribution >= 0.6 is 22.9 Å². The van der Waals surface area contributed by atoms with Crippen LogP contribution in [0.2, 0.25) is 5.02 Å². The molecule has 0 radical (unpaired) electrons. The highest BCUT2D eigenvalue weighted by atomic mass is 35.5. The first-order valence-corrected chi connectivity index (χ1v) is 11.5. The van der Waals surface area contributed by atoms with Crippen LogP contribution in [0, 0.1) is 0 Å². The van der Waals surface area contributed by atoms with Crippen LogP contribution in [-0.2, 0) is 6.42 Å². The van der Waals surface area contributed by atoms with Crippen LogP contribution in [0.25, 0.3) is 22.2 Å². The summed E-state index contributed by atoms with van der Waals surface area (Å²) in [6.45, 7) is 4.14. The zero-order chi connectivity index (χ0) is 21.8. The van der Waals surface area contributed by atoms with Crippen molar-refractivity contribution < 1.29 is 4.79 Å². The van der Waals surface area contributed by atoms with Gasteiger partial charge in [0.15, 0.2) is 0 Å². The van der Waals surface area contributed by atoms with Gasteiger partial charge in [0, 0.05) is 10.9 Å². The van der Waals surface area contributed by atoms with E-state index in [1.54, 1.807) is 23.5 Å². The summed E-state index contributed by atoms with van der Waals surface area (Å²) in [5.41, 5.74) is 7.55. The third-order valence-electron chi connectivity index (χ3n) is 5.13. The molecule has 2 aromatic heterocycles. The number of aryl methyl sites for hydroxylation is 1. The number of aromatic nitrogens is 1. The van der Waals surface area contributed by atoms with Crippen LogP contribution in [0.15, 0.2) is 71.1 Å². The van der Waals surface area contributed by atoms with Crippen LogP contribution in [0.4, 0.5) is 0 Å². The molecule has 1 amide bonds. The first-order chi connectivity index (χ1) is 15.1. The minimum Gasteiger partial charge on any atom is -0.267 e. The molecular weight excluding hydrogens is 426 g/mol. The largest absolute Gasteiger partial charge is 0.272 e. The molecule has 156 valence electrons. The average molecular weight is 448 g/mol. The fourth-order valence-corrected chi connectivity index (χ4v) is 4.39. The minimum atomic E-state index is -0.288. The molecule has 0 atom stereocenters. The molecule has 0 spiro atoms. The molecule has 0 saturated heterocycles. The quantitative estimate of drug-likeness (QED) is 0.263. The van der Waals surface area contributed by atoms with Crippen molar-refractivity contribution in [3.05, 3.63) is 87.1 Å². The number of thiophene rings is 1. The Kier molecular flexibility index (Phi) is 6.44. The van der Waals surface area contributed by atoms with E-state index < -0.39 is 0 Å². The number of halogens is 1. The molecule has 0 unspecified atom stereocenters. The second-order valence-corrected chi connectivity index (χ2v) is 8.43. The first-order valence-electron chi connectivity index (χ1n) is 10.2. The molecule has 0 aliphatic rings. The van der Waals surface area contributed by atoms with E-state index in [1.807, 2.05) is 48.7 Å². The molecule has 2 heterocycles. The van der Waals surface area contributed by atoms with E-state index in [0.717, 1.165) is 29.0 Å². The van der Waals surface area contributed by atoms with Gasteiger partial charge in [-0.05, 0) is 42.0 Å². The molecule has 0 aliphatic carbocycles. The Bertz CT molecular complexity index is 1250. The number of benzene rings is 2. The smallest absolute Gasteiger partial charge is 0.267 e. The van der Waals surface area contributed by atoms with Gasteiger partial charge in [-0.2, -0.15) is 5.10 Å². The molecule has 31 heavy (non-hydrogen) atoms. The third kappa shape index (κ3) is 4.53. The molecule has 4 nitrogen and oxygen atoms in total. The highest BCUT2D eigenvalue weighted by Gasteiger charge is 2.16. The lowest BCUT2D eigenvalue weighted by molar-refractivity contribution is 0.0956. The van der Waals surface area contributed by atoms with Gasteiger partial charge in [-0.15, -0.1) is 11.3 Å². The van der Waals surface area contributed by atoms with E-state index in [0.29, 0.717) is 27.2 Å². The average Bonchev–Trinajstić information content (AvgIpc) is 3.34. The van der Waals surface area contributed by atoms with Gasteiger partial charge in [-0.3, -0.25) is 4.79 Å². The van der Waals surface area contributed by atoms with Crippen molar-refractivity contribution in [2.45, 2.75) is 26.7 Å². The molecule has 6 heteroatoms. The molecule has 0 aliphatic heterocycles.